The molecule has 0 saturated carbocycles. The van der Waals surface area contributed by atoms with Gasteiger partial charge in [-0.1, -0.05) is 42.5 Å². The van der Waals surface area contributed by atoms with Crippen molar-refractivity contribution in [1.29, 1.82) is 5.26 Å². The standard InChI is InChI=1S/C22H20N2O3/c1-14(25)20-15(2)27-22(24)19(12-23)21(20)17-8-10-18(11-9-17)26-13-16-6-4-3-5-7-16/h3-11,21H,13,24H2,1-2H3/t21-/m0/s1. The van der Waals surface area contributed by atoms with E-state index in [1.54, 1.807) is 6.92 Å². The van der Waals surface area contributed by atoms with Crippen LogP contribution in [0.5, 0.6) is 5.75 Å². The Labute approximate surface area is 158 Å². The number of rotatable bonds is 5. The fraction of sp³-hybridized carbons (Fsp3) is 0.182. The van der Waals surface area contributed by atoms with Crippen molar-refractivity contribution in [3.63, 3.8) is 0 Å². The molecule has 2 aromatic carbocycles. The quantitative estimate of drug-likeness (QED) is 0.873. The second-order valence-electron chi connectivity index (χ2n) is 6.29. The van der Waals surface area contributed by atoms with E-state index in [1.807, 2.05) is 54.6 Å². The smallest absolute Gasteiger partial charge is 0.205 e. The van der Waals surface area contributed by atoms with Crippen LogP contribution in [0.2, 0.25) is 0 Å². The van der Waals surface area contributed by atoms with Gasteiger partial charge in [0.15, 0.2) is 5.78 Å². The molecular formula is C22H20N2O3. The summed E-state index contributed by atoms with van der Waals surface area (Å²) in [6.07, 6.45) is 0. The van der Waals surface area contributed by atoms with E-state index in [-0.39, 0.29) is 17.2 Å². The van der Waals surface area contributed by atoms with Gasteiger partial charge in [-0.05, 0) is 37.1 Å². The predicted molar refractivity (Wildman–Crippen MR) is 101 cm³/mol. The summed E-state index contributed by atoms with van der Waals surface area (Å²) in [6, 6.07) is 19.3. The van der Waals surface area contributed by atoms with Gasteiger partial charge in [-0.15, -0.1) is 0 Å². The molecule has 0 amide bonds. The fourth-order valence-electron chi connectivity index (χ4n) is 3.17. The SMILES string of the molecule is CC(=O)C1=C(C)OC(N)=C(C#N)[C@@H]1c1ccc(OCc2ccccc2)cc1. The van der Waals surface area contributed by atoms with E-state index in [2.05, 4.69) is 6.07 Å². The molecule has 5 heteroatoms. The molecule has 1 atom stereocenters. The highest BCUT2D eigenvalue weighted by Crippen LogP contribution is 2.39. The Kier molecular flexibility index (Phi) is 5.28. The van der Waals surface area contributed by atoms with Crippen molar-refractivity contribution in [1.82, 2.24) is 0 Å². The normalized spacial score (nSPS) is 16.6. The van der Waals surface area contributed by atoms with Crippen LogP contribution < -0.4 is 10.5 Å². The van der Waals surface area contributed by atoms with E-state index in [1.165, 1.54) is 6.92 Å². The first-order valence-corrected chi connectivity index (χ1v) is 8.57. The number of ketones is 1. The van der Waals surface area contributed by atoms with Crippen molar-refractivity contribution in [2.45, 2.75) is 26.4 Å². The molecule has 1 aliphatic heterocycles. The number of carbonyl (C=O) groups is 1. The first-order chi connectivity index (χ1) is 13.0. The number of carbonyl (C=O) groups excluding carboxylic acids is 1. The number of ether oxygens (including phenoxy) is 2. The van der Waals surface area contributed by atoms with Crippen LogP contribution in [-0.4, -0.2) is 5.78 Å². The minimum Gasteiger partial charge on any atom is -0.489 e. The molecule has 0 fully saturated rings. The molecule has 0 aliphatic carbocycles. The van der Waals surface area contributed by atoms with Gasteiger partial charge >= 0.3 is 0 Å². The van der Waals surface area contributed by atoms with Gasteiger partial charge in [0.25, 0.3) is 0 Å². The monoisotopic (exact) mass is 360 g/mol. The van der Waals surface area contributed by atoms with Crippen molar-refractivity contribution in [2.24, 2.45) is 5.73 Å². The van der Waals surface area contributed by atoms with Gasteiger partial charge in [0.2, 0.25) is 5.88 Å². The number of nitrogens with zero attached hydrogens (tertiary/aromatic N) is 1. The molecule has 0 saturated heterocycles. The summed E-state index contributed by atoms with van der Waals surface area (Å²) in [5.41, 5.74) is 8.42. The minimum absolute atomic E-state index is 0.0365. The van der Waals surface area contributed by atoms with Crippen molar-refractivity contribution >= 4 is 5.78 Å². The molecular weight excluding hydrogens is 340 g/mol. The molecule has 2 aromatic rings. The highest BCUT2D eigenvalue weighted by atomic mass is 16.5. The molecule has 3 rings (SSSR count). The third kappa shape index (κ3) is 3.85. The Bertz CT molecular complexity index is 951. The summed E-state index contributed by atoms with van der Waals surface area (Å²) >= 11 is 0. The zero-order valence-electron chi connectivity index (χ0n) is 15.2. The number of Topliss-reactive ketones (excluding diaryl/α,β-unsaturated/α-hetero) is 1. The van der Waals surface area contributed by atoms with Crippen LogP contribution in [0.15, 0.2) is 77.4 Å². The molecule has 136 valence electrons. The lowest BCUT2D eigenvalue weighted by Gasteiger charge is -2.26. The van der Waals surface area contributed by atoms with Gasteiger partial charge in [-0.2, -0.15) is 5.26 Å². The van der Waals surface area contributed by atoms with Gasteiger partial charge in [-0.25, -0.2) is 0 Å². The maximum absolute atomic E-state index is 12.2. The third-order valence-corrected chi connectivity index (χ3v) is 4.45. The summed E-state index contributed by atoms with van der Waals surface area (Å²) in [5.74, 6) is 0.476. The van der Waals surface area contributed by atoms with Gasteiger partial charge in [0.05, 0.1) is 5.92 Å². The van der Waals surface area contributed by atoms with Crippen LogP contribution in [0.4, 0.5) is 0 Å². The fourth-order valence-corrected chi connectivity index (χ4v) is 3.17. The van der Waals surface area contributed by atoms with Gasteiger partial charge in [0.1, 0.15) is 29.8 Å². The van der Waals surface area contributed by atoms with Crippen LogP contribution in [0.25, 0.3) is 0 Å². The number of benzene rings is 2. The van der Waals surface area contributed by atoms with E-state index >= 15 is 0 Å². The maximum atomic E-state index is 12.2. The van der Waals surface area contributed by atoms with Gasteiger partial charge in [0, 0.05) is 5.57 Å². The summed E-state index contributed by atoms with van der Waals surface area (Å²) in [5, 5.41) is 9.52. The Balaban J connectivity index is 1.86. The zero-order valence-corrected chi connectivity index (χ0v) is 15.2. The van der Waals surface area contributed by atoms with Crippen molar-refractivity contribution in [3.05, 3.63) is 88.5 Å². The topological polar surface area (TPSA) is 85.3 Å². The Morgan fingerprint density at radius 1 is 1.19 bits per heavy atom. The lowest BCUT2D eigenvalue weighted by atomic mass is 9.81. The lowest BCUT2D eigenvalue weighted by Crippen LogP contribution is -2.23. The second-order valence-corrected chi connectivity index (χ2v) is 6.29. The number of hydrogen-bond donors (Lipinski definition) is 1. The van der Waals surface area contributed by atoms with E-state index in [9.17, 15) is 10.1 Å². The van der Waals surface area contributed by atoms with E-state index in [4.69, 9.17) is 15.2 Å². The molecule has 1 heterocycles. The number of allylic oxidation sites excluding steroid dienone is 3. The number of hydrogen-bond acceptors (Lipinski definition) is 5. The summed E-state index contributed by atoms with van der Waals surface area (Å²) in [4.78, 5) is 12.2. The van der Waals surface area contributed by atoms with E-state index in [0.717, 1.165) is 11.1 Å². The van der Waals surface area contributed by atoms with E-state index in [0.29, 0.717) is 23.7 Å². The molecule has 0 spiro atoms. The number of nitrogens with two attached hydrogens (primary N) is 1. The molecule has 0 bridgehead atoms. The summed E-state index contributed by atoms with van der Waals surface area (Å²) in [7, 11) is 0. The molecule has 27 heavy (non-hydrogen) atoms. The van der Waals surface area contributed by atoms with Crippen LogP contribution in [0, 0.1) is 11.3 Å². The first kappa shape index (κ1) is 18.3. The largest absolute Gasteiger partial charge is 0.489 e. The van der Waals surface area contributed by atoms with Crippen LogP contribution in [-0.2, 0) is 16.1 Å². The highest BCUT2D eigenvalue weighted by molar-refractivity contribution is 5.96. The Morgan fingerprint density at radius 3 is 2.44 bits per heavy atom. The van der Waals surface area contributed by atoms with Gasteiger partial charge < -0.3 is 15.2 Å². The lowest BCUT2D eigenvalue weighted by molar-refractivity contribution is -0.114. The summed E-state index contributed by atoms with van der Waals surface area (Å²) < 4.78 is 11.2. The van der Waals surface area contributed by atoms with E-state index < -0.39 is 5.92 Å². The Hall–Kier alpha value is -3.52. The molecule has 0 unspecified atom stereocenters. The summed E-state index contributed by atoms with van der Waals surface area (Å²) in [6.45, 7) is 3.61. The van der Waals surface area contributed by atoms with Crippen LogP contribution >= 0.6 is 0 Å². The average molecular weight is 360 g/mol. The van der Waals surface area contributed by atoms with Crippen LogP contribution in [0.3, 0.4) is 0 Å². The minimum atomic E-state index is -0.538. The molecule has 5 nitrogen and oxygen atoms in total. The number of nitriles is 1. The molecule has 0 aromatic heterocycles. The first-order valence-electron chi connectivity index (χ1n) is 8.57. The van der Waals surface area contributed by atoms with Crippen LogP contribution in [0.1, 0.15) is 30.9 Å². The third-order valence-electron chi connectivity index (χ3n) is 4.45. The zero-order chi connectivity index (χ0) is 19.4. The van der Waals surface area contributed by atoms with Gasteiger partial charge in [-0.3, -0.25) is 4.79 Å². The molecule has 2 N–H and O–H groups in total. The Morgan fingerprint density at radius 2 is 1.85 bits per heavy atom. The maximum Gasteiger partial charge on any atom is 0.205 e. The van der Waals surface area contributed by atoms with Crippen molar-refractivity contribution in [3.8, 4) is 11.8 Å². The molecule has 0 radical (unpaired) electrons. The highest BCUT2D eigenvalue weighted by Gasteiger charge is 2.33. The average Bonchev–Trinajstić information content (AvgIpc) is 2.67. The van der Waals surface area contributed by atoms with Crippen molar-refractivity contribution < 1.29 is 14.3 Å². The van der Waals surface area contributed by atoms with Crippen molar-refractivity contribution in [2.75, 3.05) is 0 Å². The predicted octanol–water partition coefficient (Wildman–Crippen LogP) is 3.94. The molecule has 1 aliphatic rings. The second kappa shape index (κ2) is 7.79.